The molecule has 104 valence electrons. The largest absolute Gasteiger partial charge is 0.478 e. The molecule has 0 unspecified atom stereocenters. The zero-order valence-electron chi connectivity index (χ0n) is 11.1. The molecule has 2 rings (SSSR count). The number of rotatable bonds is 6. The first-order valence-electron chi connectivity index (χ1n) is 6.76. The fourth-order valence-electron chi connectivity index (χ4n) is 2.47. The first-order valence-corrected chi connectivity index (χ1v) is 6.76. The Hall–Kier alpha value is -1.75. The predicted molar refractivity (Wildman–Crippen MR) is 76.6 cm³/mol. The summed E-state index contributed by atoms with van der Waals surface area (Å²) in [6.45, 7) is 4.18. The Morgan fingerprint density at radius 1 is 1.37 bits per heavy atom. The lowest BCUT2D eigenvalue weighted by molar-refractivity contribution is 0.0698. The third-order valence-electron chi connectivity index (χ3n) is 3.48. The Bertz CT molecular complexity index is 442. The normalized spacial score (nSPS) is 15.6. The van der Waals surface area contributed by atoms with E-state index in [1.807, 2.05) is 0 Å². The monoisotopic (exact) mass is 263 g/mol. The summed E-state index contributed by atoms with van der Waals surface area (Å²) in [5.41, 5.74) is 7.09. The van der Waals surface area contributed by atoms with Crippen molar-refractivity contribution in [3.05, 3.63) is 23.8 Å². The number of carboxylic acid groups (broad SMARTS) is 1. The molecule has 1 aliphatic rings. The molecule has 0 bridgehead atoms. The standard InChI is InChI=1S/C14H21N3O2/c15-12-6-3-5-11(14(18)19)13(12)16-7-4-10-17-8-1-2-9-17/h3,5-6,16H,1-2,4,7-10,15H2,(H,18,19). The number of likely N-dealkylation sites (tertiary alicyclic amines) is 1. The molecular weight excluding hydrogens is 242 g/mol. The number of benzene rings is 1. The molecule has 1 saturated heterocycles. The number of anilines is 2. The van der Waals surface area contributed by atoms with E-state index >= 15 is 0 Å². The third-order valence-corrected chi connectivity index (χ3v) is 3.48. The van der Waals surface area contributed by atoms with E-state index in [1.54, 1.807) is 18.2 Å². The fourth-order valence-corrected chi connectivity index (χ4v) is 2.47. The fraction of sp³-hybridized carbons (Fsp3) is 0.500. The van der Waals surface area contributed by atoms with Crippen LogP contribution in [0.2, 0.25) is 0 Å². The van der Waals surface area contributed by atoms with E-state index in [2.05, 4.69) is 10.2 Å². The van der Waals surface area contributed by atoms with Crippen LogP contribution in [0.15, 0.2) is 18.2 Å². The smallest absolute Gasteiger partial charge is 0.337 e. The molecule has 4 N–H and O–H groups in total. The quantitative estimate of drug-likeness (QED) is 0.539. The zero-order chi connectivity index (χ0) is 13.7. The van der Waals surface area contributed by atoms with Crippen molar-refractivity contribution in [3.8, 4) is 0 Å². The van der Waals surface area contributed by atoms with Gasteiger partial charge in [0, 0.05) is 6.54 Å². The Balaban J connectivity index is 1.86. The number of nitrogens with zero attached hydrogens (tertiary/aromatic N) is 1. The van der Waals surface area contributed by atoms with Crippen LogP contribution in [0.4, 0.5) is 11.4 Å². The second-order valence-electron chi connectivity index (χ2n) is 4.90. The summed E-state index contributed by atoms with van der Waals surface area (Å²) >= 11 is 0. The van der Waals surface area contributed by atoms with Gasteiger partial charge in [0.05, 0.1) is 16.9 Å². The lowest BCUT2D eigenvalue weighted by Gasteiger charge is -2.16. The summed E-state index contributed by atoms with van der Waals surface area (Å²) in [4.78, 5) is 13.6. The van der Waals surface area contributed by atoms with E-state index in [9.17, 15) is 4.79 Å². The number of para-hydroxylation sites is 1. The molecular formula is C14H21N3O2. The molecule has 1 aromatic carbocycles. The number of carboxylic acids is 1. The van der Waals surface area contributed by atoms with Crippen LogP contribution in [0, 0.1) is 0 Å². The maximum absolute atomic E-state index is 11.1. The van der Waals surface area contributed by atoms with Gasteiger partial charge in [0.15, 0.2) is 0 Å². The second-order valence-corrected chi connectivity index (χ2v) is 4.90. The van der Waals surface area contributed by atoms with Crippen LogP contribution >= 0.6 is 0 Å². The molecule has 0 aromatic heterocycles. The summed E-state index contributed by atoms with van der Waals surface area (Å²) in [6, 6.07) is 4.95. The van der Waals surface area contributed by atoms with Gasteiger partial charge in [0.1, 0.15) is 0 Å². The molecule has 1 aromatic rings. The highest BCUT2D eigenvalue weighted by atomic mass is 16.4. The number of hydrogen-bond donors (Lipinski definition) is 3. The van der Waals surface area contributed by atoms with Gasteiger partial charge in [-0.25, -0.2) is 4.79 Å². The molecule has 0 radical (unpaired) electrons. The topological polar surface area (TPSA) is 78.6 Å². The van der Waals surface area contributed by atoms with Crippen LogP contribution in [0.25, 0.3) is 0 Å². The summed E-state index contributed by atoms with van der Waals surface area (Å²) < 4.78 is 0. The maximum atomic E-state index is 11.1. The van der Waals surface area contributed by atoms with Crippen LogP contribution in [-0.2, 0) is 0 Å². The molecule has 0 saturated carbocycles. The van der Waals surface area contributed by atoms with Gasteiger partial charge in [0.2, 0.25) is 0 Å². The van der Waals surface area contributed by atoms with Gasteiger partial charge in [-0.1, -0.05) is 6.07 Å². The van der Waals surface area contributed by atoms with Gasteiger partial charge >= 0.3 is 5.97 Å². The number of nitrogens with two attached hydrogens (primary N) is 1. The minimum atomic E-state index is -0.950. The minimum absolute atomic E-state index is 0.237. The molecule has 0 spiro atoms. The van der Waals surface area contributed by atoms with Crippen LogP contribution in [-0.4, -0.2) is 42.2 Å². The predicted octanol–water partition coefficient (Wildman–Crippen LogP) is 1.86. The molecule has 1 aliphatic heterocycles. The minimum Gasteiger partial charge on any atom is -0.478 e. The molecule has 1 heterocycles. The van der Waals surface area contributed by atoms with Crippen molar-refractivity contribution in [2.24, 2.45) is 0 Å². The lowest BCUT2D eigenvalue weighted by atomic mass is 10.1. The number of nitrogen functional groups attached to an aromatic ring is 1. The zero-order valence-corrected chi connectivity index (χ0v) is 11.1. The van der Waals surface area contributed by atoms with E-state index in [0.29, 0.717) is 11.4 Å². The molecule has 0 aliphatic carbocycles. The van der Waals surface area contributed by atoms with Crippen molar-refractivity contribution in [3.63, 3.8) is 0 Å². The first-order chi connectivity index (χ1) is 9.18. The van der Waals surface area contributed by atoms with Gasteiger partial charge in [-0.2, -0.15) is 0 Å². The Morgan fingerprint density at radius 3 is 2.79 bits per heavy atom. The third kappa shape index (κ3) is 3.61. The lowest BCUT2D eigenvalue weighted by Crippen LogP contribution is -2.22. The van der Waals surface area contributed by atoms with Crippen LogP contribution in [0.5, 0.6) is 0 Å². The summed E-state index contributed by atoms with van der Waals surface area (Å²) in [5.74, 6) is -0.950. The maximum Gasteiger partial charge on any atom is 0.337 e. The van der Waals surface area contributed by atoms with Crippen molar-refractivity contribution in [2.75, 3.05) is 37.2 Å². The van der Waals surface area contributed by atoms with Crippen molar-refractivity contribution in [1.82, 2.24) is 4.90 Å². The molecule has 1 fully saturated rings. The second kappa shape index (κ2) is 6.43. The van der Waals surface area contributed by atoms with E-state index < -0.39 is 5.97 Å². The van der Waals surface area contributed by atoms with Gasteiger partial charge < -0.3 is 21.1 Å². The summed E-state index contributed by atoms with van der Waals surface area (Å²) in [7, 11) is 0. The van der Waals surface area contributed by atoms with E-state index in [1.165, 1.54) is 25.9 Å². The van der Waals surface area contributed by atoms with Crippen molar-refractivity contribution in [1.29, 1.82) is 0 Å². The summed E-state index contributed by atoms with van der Waals surface area (Å²) in [6.07, 6.45) is 3.58. The van der Waals surface area contributed by atoms with E-state index in [0.717, 1.165) is 19.5 Å². The SMILES string of the molecule is Nc1cccc(C(=O)O)c1NCCCN1CCCC1. The highest BCUT2D eigenvalue weighted by Gasteiger charge is 2.13. The molecule has 5 heteroatoms. The molecule has 0 amide bonds. The summed E-state index contributed by atoms with van der Waals surface area (Å²) in [5, 5.41) is 12.3. The number of aromatic carboxylic acids is 1. The average molecular weight is 263 g/mol. The van der Waals surface area contributed by atoms with Gasteiger partial charge in [0.25, 0.3) is 0 Å². The van der Waals surface area contributed by atoms with Gasteiger partial charge in [-0.05, 0) is 51.0 Å². The van der Waals surface area contributed by atoms with Crippen molar-refractivity contribution in [2.45, 2.75) is 19.3 Å². The van der Waals surface area contributed by atoms with Gasteiger partial charge in [-0.3, -0.25) is 0 Å². The average Bonchev–Trinajstić information content (AvgIpc) is 2.88. The first kappa shape index (κ1) is 13.7. The molecule has 19 heavy (non-hydrogen) atoms. The van der Waals surface area contributed by atoms with Crippen molar-refractivity contribution >= 4 is 17.3 Å². The van der Waals surface area contributed by atoms with E-state index in [4.69, 9.17) is 10.8 Å². The molecule has 5 nitrogen and oxygen atoms in total. The van der Waals surface area contributed by atoms with Crippen LogP contribution in [0.3, 0.4) is 0 Å². The van der Waals surface area contributed by atoms with Gasteiger partial charge in [-0.15, -0.1) is 0 Å². The number of carbonyl (C=O) groups is 1. The highest BCUT2D eigenvalue weighted by Crippen LogP contribution is 2.23. The molecule has 0 atom stereocenters. The Kier molecular flexibility index (Phi) is 4.63. The van der Waals surface area contributed by atoms with E-state index in [-0.39, 0.29) is 5.56 Å². The van der Waals surface area contributed by atoms with Crippen LogP contribution < -0.4 is 11.1 Å². The van der Waals surface area contributed by atoms with Crippen molar-refractivity contribution < 1.29 is 9.90 Å². The van der Waals surface area contributed by atoms with Crippen LogP contribution in [0.1, 0.15) is 29.6 Å². The number of hydrogen-bond acceptors (Lipinski definition) is 4. The Labute approximate surface area is 113 Å². The Morgan fingerprint density at radius 2 is 2.11 bits per heavy atom. The highest BCUT2D eigenvalue weighted by molar-refractivity contribution is 5.97. The number of nitrogens with one attached hydrogen (secondary N) is 1.